The summed E-state index contributed by atoms with van der Waals surface area (Å²) in [4.78, 5) is 26.2. The molecule has 1 atom stereocenters. The van der Waals surface area contributed by atoms with Gasteiger partial charge in [-0.15, -0.1) is 0 Å². The number of likely N-dealkylation sites (tertiary alicyclic amines) is 1. The Morgan fingerprint density at radius 3 is 2.56 bits per heavy atom. The first-order valence-corrected chi connectivity index (χ1v) is 8.87. The summed E-state index contributed by atoms with van der Waals surface area (Å²) in [6.45, 7) is 0.660. The Morgan fingerprint density at radius 1 is 1.11 bits per heavy atom. The Bertz CT molecular complexity index is 848. The number of hydrogen-bond acceptors (Lipinski definition) is 4. The van der Waals surface area contributed by atoms with Gasteiger partial charge in [-0.2, -0.15) is 0 Å². The molecule has 1 fully saturated rings. The van der Waals surface area contributed by atoms with Crippen molar-refractivity contribution in [1.82, 2.24) is 4.90 Å². The summed E-state index contributed by atoms with van der Waals surface area (Å²) in [6, 6.07) is 12.3. The zero-order chi connectivity index (χ0) is 19.4. The molecule has 1 N–H and O–H groups in total. The molecule has 1 unspecified atom stereocenters. The molecule has 2 aromatic carbocycles. The molecule has 0 spiro atoms. The Hall–Kier alpha value is -3.02. The Morgan fingerprint density at radius 2 is 1.85 bits per heavy atom. The molecule has 2 aromatic rings. The van der Waals surface area contributed by atoms with Crippen LogP contribution in [0.25, 0.3) is 0 Å². The van der Waals surface area contributed by atoms with E-state index in [1.165, 1.54) is 6.07 Å². The van der Waals surface area contributed by atoms with Gasteiger partial charge in [-0.3, -0.25) is 4.79 Å². The van der Waals surface area contributed by atoms with Crippen LogP contribution in [0.3, 0.4) is 0 Å². The van der Waals surface area contributed by atoms with E-state index in [1.54, 1.807) is 32.4 Å². The second-order valence-corrected chi connectivity index (χ2v) is 6.50. The van der Waals surface area contributed by atoms with Gasteiger partial charge in [0, 0.05) is 6.54 Å². The van der Waals surface area contributed by atoms with E-state index in [0.717, 1.165) is 18.4 Å². The van der Waals surface area contributed by atoms with Crippen LogP contribution in [0.15, 0.2) is 42.5 Å². The van der Waals surface area contributed by atoms with E-state index in [1.807, 2.05) is 23.1 Å². The third-order valence-corrected chi connectivity index (χ3v) is 4.95. The molecule has 6 heteroatoms. The lowest BCUT2D eigenvalue weighted by Crippen LogP contribution is -2.32. The van der Waals surface area contributed by atoms with Gasteiger partial charge in [0.1, 0.15) is 0 Å². The molecule has 0 bridgehead atoms. The van der Waals surface area contributed by atoms with Gasteiger partial charge in [0.25, 0.3) is 0 Å². The fraction of sp³-hybridized carbons (Fsp3) is 0.333. The van der Waals surface area contributed by atoms with Crippen LogP contribution in [0, 0.1) is 0 Å². The van der Waals surface area contributed by atoms with Crippen molar-refractivity contribution >= 4 is 11.9 Å². The van der Waals surface area contributed by atoms with Gasteiger partial charge in [-0.05, 0) is 42.2 Å². The summed E-state index contributed by atoms with van der Waals surface area (Å²) in [6.07, 6.45) is 1.85. The van der Waals surface area contributed by atoms with Crippen LogP contribution in [0.2, 0.25) is 0 Å². The monoisotopic (exact) mass is 369 g/mol. The van der Waals surface area contributed by atoms with Gasteiger partial charge in [0.2, 0.25) is 5.91 Å². The van der Waals surface area contributed by atoms with Crippen molar-refractivity contribution in [2.24, 2.45) is 0 Å². The maximum Gasteiger partial charge on any atom is 0.335 e. The fourth-order valence-corrected chi connectivity index (χ4v) is 3.62. The number of benzene rings is 2. The average Bonchev–Trinajstić information content (AvgIpc) is 3.17. The zero-order valence-corrected chi connectivity index (χ0v) is 15.5. The van der Waals surface area contributed by atoms with Gasteiger partial charge in [0.15, 0.2) is 11.5 Å². The molecule has 1 saturated heterocycles. The van der Waals surface area contributed by atoms with E-state index in [2.05, 4.69) is 0 Å². The summed E-state index contributed by atoms with van der Waals surface area (Å²) in [5.41, 5.74) is 1.70. The van der Waals surface area contributed by atoms with Crippen molar-refractivity contribution in [3.8, 4) is 11.5 Å². The first kappa shape index (κ1) is 18.8. The molecule has 1 amide bonds. The highest BCUT2D eigenvalue weighted by Gasteiger charge is 2.31. The standard InChI is InChI=1S/C21H23NO5/c1-26-18-10-9-15(12-19(18)27-2)17-8-5-11-22(17)20(23)13-14-6-3-4-7-16(14)21(24)25/h3-4,6-7,9-10,12,17H,5,8,11,13H2,1-2H3,(H,24,25). The van der Waals surface area contributed by atoms with Gasteiger partial charge >= 0.3 is 5.97 Å². The predicted molar refractivity (Wildman–Crippen MR) is 100 cm³/mol. The molecule has 1 heterocycles. The molecule has 0 aromatic heterocycles. The SMILES string of the molecule is COc1ccc(C2CCCN2C(=O)Cc2ccccc2C(=O)O)cc1OC. The van der Waals surface area contributed by atoms with E-state index in [4.69, 9.17) is 9.47 Å². The summed E-state index contributed by atoms with van der Waals surface area (Å²) in [7, 11) is 3.17. The number of carbonyl (C=O) groups is 2. The molecule has 0 radical (unpaired) electrons. The van der Waals surface area contributed by atoms with Gasteiger partial charge in [0.05, 0.1) is 32.2 Å². The molecule has 27 heavy (non-hydrogen) atoms. The van der Waals surface area contributed by atoms with E-state index < -0.39 is 5.97 Å². The minimum absolute atomic E-state index is 0.0469. The normalized spacial score (nSPS) is 16.2. The first-order valence-electron chi connectivity index (χ1n) is 8.87. The lowest BCUT2D eigenvalue weighted by Gasteiger charge is -2.26. The quantitative estimate of drug-likeness (QED) is 0.845. The van der Waals surface area contributed by atoms with E-state index in [0.29, 0.717) is 23.6 Å². The average molecular weight is 369 g/mol. The number of hydrogen-bond donors (Lipinski definition) is 1. The summed E-state index contributed by atoms with van der Waals surface area (Å²) < 4.78 is 10.7. The maximum atomic E-state index is 12.9. The number of methoxy groups -OCH3 is 2. The largest absolute Gasteiger partial charge is 0.493 e. The molecular weight excluding hydrogens is 346 g/mol. The Balaban J connectivity index is 1.82. The summed E-state index contributed by atoms with van der Waals surface area (Å²) in [5, 5.41) is 9.33. The van der Waals surface area contributed by atoms with E-state index in [-0.39, 0.29) is 23.9 Å². The van der Waals surface area contributed by atoms with E-state index >= 15 is 0 Å². The number of rotatable bonds is 6. The number of carbonyl (C=O) groups excluding carboxylic acids is 1. The lowest BCUT2D eigenvalue weighted by atomic mass is 10.0. The number of ether oxygens (including phenoxy) is 2. The minimum atomic E-state index is -1.02. The van der Waals surface area contributed by atoms with Crippen molar-refractivity contribution in [3.63, 3.8) is 0 Å². The topological polar surface area (TPSA) is 76.1 Å². The van der Waals surface area contributed by atoms with Crippen molar-refractivity contribution in [3.05, 3.63) is 59.2 Å². The van der Waals surface area contributed by atoms with Crippen molar-refractivity contribution in [2.75, 3.05) is 20.8 Å². The molecule has 142 valence electrons. The molecule has 0 saturated carbocycles. The highest BCUT2D eigenvalue weighted by Crippen LogP contribution is 2.37. The number of aromatic carboxylic acids is 1. The molecule has 1 aliphatic rings. The van der Waals surface area contributed by atoms with Gasteiger partial charge < -0.3 is 19.5 Å². The van der Waals surface area contributed by atoms with Crippen LogP contribution in [0.1, 0.15) is 40.4 Å². The van der Waals surface area contributed by atoms with Gasteiger partial charge in [-0.25, -0.2) is 4.79 Å². The van der Waals surface area contributed by atoms with E-state index in [9.17, 15) is 14.7 Å². The number of carboxylic acids is 1. The summed E-state index contributed by atoms with van der Waals surface area (Å²) in [5.74, 6) is 0.190. The van der Waals surface area contributed by atoms with Crippen molar-refractivity contribution in [1.29, 1.82) is 0 Å². The molecule has 3 rings (SSSR count). The van der Waals surface area contributed by atoms with Crippen LogP contribution in [-0.4, -0.2) is 42.6 Å². The van der Waals surface area contributed by atoms with Crippen molar-refractivity contribution in [2.45, 2.75) is 25.3 Å². The van der Waals surface area contributed by atoms with Crippen LogP contribution >= 0.6 is 0 Å². The summed E-state index contributed by atoms with van der Waals surface area (Å²) >= 11 is 0. The van der Waals surface area contributed by atoms with Crippen LogP contribution in [0.5, 0.6) is 11.5 Å². The number of nitrogens with zero attached hydrogens (tertiary/aromatic N) is 1. The third-order valence-electron chi connectivity index (χ3n) is 4.95. The van der Waals surface area contributed by atoms with Crippen molar-refractivity contribution < 1.29 is 24.2 Å². The van der Waals surface area contributed by atoms with Gasteiger partial charge in [-0.1, -0.05) is 24.3 Å². The molecule has 1 aliphatic heterocycles. The highest BCUT2D eigenvalue weighted by molar-refractivity contribution is 5.91. The minimum Gasteiger partial charge on any atom is -0.493 e. The van der Waals surface area contributed by atoms with Crippen LogP contribution < -0.4 is 9.47 Å². The first-order chi connectivity index (χ1) is 13.0. The maximum absolute atomic E-state index is 12.9. The number of amides is 1. The number of carboxylic acid groups (broad SMARTS) is 1. The molecule has 0 aliphatic carbocycles. The predicted octanol–water partition coefficient (Wildman–Crippen LogP) is 3.31. The third kappa shape index (κ3) is 3.89. The second kappa shape index (κ2) is 8.12. The molecule has 6 nitrogen and oxygen atoms in total. The highest BCUT2D eigenvalue weighted by atomic mass is 16.5. The molecular formula is C21H23NO5. The Labute approximate surface area is 158 Å². The lowest BCUT2D eigenvalue weighted by molar-refractivity contribution is -0.131. The fourth-order valence-electron chi connectivity index (χ4n) is 3.62. The Kier molecular flexibility index (Phi) is 5.64. The second-order valence-electron chi connectivity index (χ2n) is 6.50. The zero-order valence-electron chi connectivity index (χ0n) is 15.5. The van der Waals surface area contributed by atoms with Crippen LogP contribution in [0.4, 0.5) is 0 Å². The van der Waals surface area contributed by atoms with Crippen LogP contribution in [-0.2, 0) is 11.2 Å². The smallest absolute Gasteiger partial charge is 0.335 e.